The number of phenols is 1. The molecule has 9 nitrogen and oxygen atoms in total. The minimum atomic E-state index is -0.155. The molecular formula is C28H33N7O2. The SMILES string of the molecule is CC(NCc1cccnc1)C(C)n1ncn(-c2ccc(N3CCN(c4ccc(O)cc4)CC3)cc2)c1=O. The Hall–Kier alpha value is -4.11. The second-order valence-corrected chi connectivity index (χ2v) is 9.51. The molecule has 9 heteroatoms. The number of hydrogen-bond donors (Lipinski definition) is 2. The maximum absolute atomic E-state index is 13.2. The number of anilines is 2. The fraction of sp³-hybridized carbons (Fsp3) is 0.321. The van der Waals surface area contributed by atoms with Crippen LogP contribution < -0.4 is 20.8 Å². The highest BCUT2D eigenvalue weighted by molar-refractivity contribution is 5.54. The van der Waals surface area contributed by atoms with Crippen molar-refractivity contribution >= 4 is 11.4 Å². The lowest BCUT2D eigenvalue weighted by atomic mass is 10.1. The average Bonchev–Trinajstić information content (AvgIpc) is 3.33. The number of phenolic OH excluding ortho intramolecular Hbond substituents is 1. The van der Waals surface area contributed by atoms with E-state index in [2.05, 4.69) is 44.3 Å². The normalized spacial score (nSPS) is 15.5. The van der Waals surface area contributed by atoms with Crippen LogP contribution in [-0.2, 0) is 6.54 Å². The van der Waals surface area contributed by atoms with E-state index in [-0.39, 0.29) is 23.5 Å². The smallest absolute Gasteiger partial charge is 0.350 e. The Kier molecular flexibility index (Phi) is 7.23. The molecule has 5 rings (SSSR count). The van der Waals surface area contributed by atoms with E-state index >= 15 is 0 Å². The number of aromatic hydroxyl groups is 1. The van der Waals surface area contributed by atoms with E-state index in [4.69, 9.17) is 0 Å². The highest BCUT2D eigenvalue weighted by Gasteiger charge is 2.20. The summed E-state index contributed by atoms with van der Waals surface area (Å²) < 4.78 is 3.13. The fourth-order valence-electron chi connectivity index (χ4n) is 4.65. The molecule has 2 atom stereocenters. The summed E-state index contributed by atoms with van der Waals surface area (Å²) in [6.07, 6.45) is 5.19. The third-order valence-corrected chi connectivity index (χ3v) is 7.14. The second kappa shape index (κ2) is 10.9. The van der Waals surface area contributed by atoms with Gasteiger partial charge < -0.3 is 20.2 Å². The van der Waals surface area contributed by atoms with E-state index < -0.39 is 0 Å². The third kappa shape index (κ3) is 5.51. The van der Waals surface area contributed by atoms with Gasteiger partial charge in [-0.15, -0.1) is 0 Å². The zero-order chi connectivity index (χ0) is 25.8. The molecule has 0 amide bonds. The molecule has 0 bridgehead atoms. The Balaban J connectivity index is 1.20. The first-order chi connectivity index (χ1) is 18.0. The maximum atomic E-state index is 13.2. The molecule has 0 spiro atoms. The van der Waals surface area contributed by atoms with Crippen LogP contribution >= 0.6 is 0 Å². The molecule has 2 N–H and O–H groups in total. The second-order valence-electron chi connectivity index (χ2n) is 9.51. The number of benzene rings is 2. The lowest BCUT2D eigenvalue weighted by Gasteiger charge is -2.37. The van der Waals surface area contributed by atoms with Gasteiger partial charge in [-0.1, -0.05) is 6.07 Å². The van der Waals surface area contributed by atoms with E-state index in [1.54, 1.807) is 29.2 Å². The highest BCUT2D eigenvalue weighted by atomic mass is 16.3. The van der Waals surface area contributed by atoms with Gasteiger partial charge in [0, 0.05) is 62.5 Å². The van der Waals surface area contributed by atoms with Gasteiger partial charge in [0.15, 0.2) is 0 Å². The number of hydrogen-bond acceptors (Lipinski definition) is 7. The Morgan fingerprint density at radius 1 is 0.892 bits per heavy atom. The fourth-order valence-corrected chi connectivity index (χ4v) is 4.65. The van der Waals surface area contributed by atoms with Crippen LogP contribution in [0.3, 0.4) is 0 Å². The van der Waals surface area contributed by atoms with Gasteiger partial charge >= 0.3 is 5.69 Å². The van der Waals surface area contributed by atoms with Crippen LogP contribution in [0.4, 0.5) is 11.4 Å². The van der Waals surface area contributed by atoms with Crippen molar-refractivity contribution in [2.75, 3.05) is 36.0 Å². The zero-order valence-corrected chi connectivity index (χ0v) is 21.2. The number of rotatable bonds is 8. The van der Waals surface area contributed by atoms with Crippen LogP contribution in [0, 0.1) is 0 Å². The molecule has 37 heavy (non-hydrogen) atoms. The summed E-state index contributed by atoms with van der Waals surface area (Å²) in [5.74, 6) is 0.286. The molecule has 192 valence electrons. The molecule has 2 aromatic carbocycles. The number of aromatic nitrogens is 4. The first-order valence-electron chi connectivity index (χ1n) is 12.7. The molecule has 4 aromatic rings. The Morgan fingerprint density at radius 2 is 1.49 bits per heavy atom. The molecule has 3 heterocycles. The van der Waals surface area contributed by atoms with Crippen molar-refractivity contribution in [2.24, 2.45) is 0 Å². The summed E-state index contributed by atoms with van der Waals surface area (Å²) in [5.41, 5.74) is 4.00. The van der Waals surface area contributed by atoms with Crippen molar-refractivity contribution in [3.8, 4) is 11.4 Å². The van der Waals surface area contributed by atoms with E-state index in [1.807, 2.05) is 49.5 Å². The standard InChI is InChI=1S/C28H33N7O2/c1-21(30-19-23-4-3-13-29-18-23)22(2)35-28(37)34(20-31-35)26-7-5-24(6-8-26)32-14-16-33(17-15-32)25-9-11-27(36)12-10-25/h3-13,18,20-22,30,36H,14-17,19H2,1-2H3. The molecule has 2 unspecified atom stereocenters. The lowest BCUT2D eigenvalue weighted by molar-refractivity contribution is 0.356. The molecule has 0 aliphatic carbocycles. The summed E-state index contributed by atoms with van der Waals surface area (Å²) in [5, 5.41) is 17.4. The van der Waals surface area contributed by atoms with E-state index in [0.717, 1.165) is 48.8 Å². The molecule has 0 saturated carbocycles. The largest absolute Gasteiger partial charge is 0.508 e. The van der Waals surface area contributed by atoms with Crippen LogP contribution in [0.5, 0.6) is 5.75 Å². The summed E-state index contributed by atoms with van der Waals surface area (Å²) in [6, 6.07) is 19.3. The minimum absolute atomic E-state index is 0.0453. The predicted molar refractivity (Wildman–Crippen MR) is 146 cm³/mol. The van der Waals surface area contributed by atoms with Gasteiger partial charge in [0.2, 0.25) is 0 Å². The average molecular weight is 500 g/mol. The third-order valence-electron chi connectivity index (χ3n) is 7.14. The maximum Gasteiger partial charge on any atom is 0.350 e. The van der Waals surface area contributed by atoms with E-state index in [0.29, 0.717) is 6.54 Å². The van der Waals surface area contributed by atoms with Crippen LogP contribution in [0.2, 0.25) is 0 Å². The number of nitrogens with one attached hydrogen (secondary N) is 1. The van der Waals surface area contributed by atoms with Crippen molar-refractivity contribution in [2.45, 2.75) is 32.5 Å². The van der Waals surface area contributed by atoms with Crippen molar-refractivity contribution in [3.05, 3.63) is 95.4 Å². The first-order valence-corrected chi connectivity index (χ1v) is 12.7. The Labute approximate surface area is 216 Å². The Morgan fingerprint density at radius 3 is 2.08 bits per heavy atom. The highest BCUT2D eigenvalue weighted by Crippen LogP contribution is 2.23. The topological polar surface area (TPSA) is 91.5 Å². The molecule has 1 aliphatic heterocycles. The van der Waals surface area contributed by atoms with Crippen LogP contribution in [0.25, 0.3) is 5.69 Å². The predicted octanol–water partition coefficient (Wildman–Crippen LogP) is 3.20. The zero-order valence-electron chi connectivity index (χ0n) is 21.2. The van der Waals surface area contributed by atoms with Crippen LogP contribution in [-0.4, -0.2) is 56.7 Å². The quantitative estimate of drug-likeness (QED) is 0.385. The molecule has 1 fully saturated rings. The number of nitrogens with zero attached hydrogens (tertiary/aromatic N) is 6. The van der Waals surface area contributed by atoms with Gasteiger partial charge in [-0.2, -0.15) is 5.10 Å². The molecule has 2 aromatic heterocycles. The van der Waals surface area contributed by atoms with E-state index in [1.165, 1.54) is 4.68 Å². The first kappa shape index (κ1) is 24.6. The van der Waals surface area contributed by atoms with Gasteiger partial charge in [-0.25, -0.2) is 14.0 Å². The molecular weight excluding hydrogens is 466 g/mol. The van der Waals surface area contributed by atoms with Crippen molar-refractivity contribution in [3.63, 3.8) is 0 Å². The molecule has 0 radical (unpaired) electrons. The van der Waals surface area contributed by atoms with Gasteiger partial charge in [0.1, 0.15) is 12.1 Å². The van der Waals surface area contributed by atoms with Gasteiger partial charge in [-0.05, 0) is 74.0 Å². The monoisotopic (exact) mass is 499 g/mol. The minimum Gasteiger partial charge on any atom is -0.508 e. The van der Waals surface area contributed by atoms with Crippen molar-refractivity contribution in [1.82, 2.24) is 24.6 Å². The number of pyridine rings is 1. The Bertz CT molecular complexity index is 1340. The van der Waals surface area contributed by atoms with Gasteiger partial charge in [0.05, 0.1) is 11.7 Å². The summed E-state index contributed by atoms with van der Waals surface area (Å²) in [7, 11) is 0. The van der Waals surface area contributed by atoms with Gasteiger partial charge in [-0.3, -0.25) is 4.98 Å². The van der Waals surface area contributed by atoms with Crippen LogP contribution in [0.1, 0.15) is 25.5 Å². The lowest BCUT2D eigenvalue weighted by Crippen LogP contribution is -2.46. The van der Waals surface area contributed by atoms with Crippen molar-refractivity contribution in [1.29, 1.82) is 0 Å². The summed E-state index contributed by atoms with van der Waals surface area (Å²) >= 11 is 0. The number of piperazine rings is 1. The van der Waals surface area contributed by atoms with Crippen LogP contribution in [0.15, 0.2) is 84.2 Å². The van der Waals surface area contributed by atoms with Crippen molar-refractivity contribution < 1.29 is 5.11 Å². The summed E-state index contributed by atoms with van der Waals surface area (Å²) in [6.45, 7) is 8.36. The van der Waals surface area contributed by atoms with Gasteiger partial charge in [0.25, 0.3) is 0 Å². The summed E-state index contributed by atoms with van der Waals surface area (Å²) in [4.78, 5) is 22.0. The van der Waals surface area contributed by atoms with E-state index in [9.17, 15) is 9.90 Å². The molecule has 1 aliphatic rings. The molecule has 1 saturated heterocycles.